The summed E-state index contributed by atoms with van der Waals surface area (Å²) in [4.78, 5) is 22.7. The number of benzene rings is 1. The summed E-state index contributed by atoms with van der Waals surface area (Å²) in [5, 5.41) is 9.17. The zero-order valence-electron chi connectivity index (χ0n) is 10.4. The fourth-order valence-electron chi connectivity index (χ4n) is 2.08. The van der Waals surface area contributed by atoms with Gasteiger partial charge in [-0.2, -0.15) is 5.26 Å². The van der Waals surface area contributed by atoms with E-state index in [-0.39, 0.29) is 22.3 Å². The molecule has 0 saturated heterocycles. The van der Waals surface area contributed by atoms with E-state index in [1.54, 1.807) is 0 Å². The van der Waals surface area contributed by atoms with Crippen molar-refractivity contribution in [2.45, 2.75) is 0 Å². The van der Waals surface area contributed by atoms with Crippen molar-refractivity contribution < 1.29 is 13.6 Å². The number of rotatable bonds is 2. The Balaban J connectivity index is 2.27. The van der Waals surface area contributed by atoms with Gasteiger partial charge in [0, 0.05) is 6.20 Å². The Morgan fingerprint density at radius 1 is 1.24 bits per heavy atom. The molecule has 0 bridgehead atoms. The minimum absolute atomic E-state index is 0.0404. The second-order valence-corrected chi connectivity index (χ2v) is 4.19. The van der Waals surface area contributed by atoms with Gasteiger partial charge in [0.25, 0.3) is 0 Å². The van der Waals surface area contributed by atoms with Crippen LogP contribution in [0.1, 0.15) is 21.6 Å². The molecule has 0 saturated carbocycles. The van der Waals surface area contributed by atoms with Gasteiger partial charge in [0.1, 0.15) is 29.7 Å². The van der Waals surface area contributed by atoms with Crippen molar-refractivity contribution >= 4 is 16.8 Å². The normalized spacial score (nSPS) is 10.5. The molecule has 0 spiro atoms. The van der Waals surface area contributed by atoms with E-state index in [0.29, 0.717) is 0 Å². The van der Waals surface area contributed by atoms with Gasteiger partial charge in [-0.15, -0.1) is 0 Å². The van der Waals surface area contributed by atoms with Gasteiger partial charge in [0.05, 0.1) is 16.5 Å². The molecule has 0 radical (unpaired) electrons. The number of aromatic nitrogens is 3. The Bertz CT molecular complexity index is 891. The lowest BCUT2D eigenvalue weighted by Crippen LogP contribution is -2.07. The molecule has 2 heterocycles. The number of fused-ring (bicyclic) bond motifs is 1. The number of nitriles is 1. The van der Waals surface area contributed by atoms with Gasteiger partial charge in [-0.3, -0.25) is 4.79 Å². The number of H-pyrrole nitrogens is 1. The molecule has 0 aliphatic carbocycles. The summed E-state index contributed by atoms with van der Waals surface area (Å²) in [6, 6.07) is 4.97. The van der Waals surface area contributed by atoms with E-state index in [2.05, 4.69) is 15.0 Å². The zero-order chi connectivity index (χ0) is 15.0. The van der Waals surface area contributed by atoms with Crippen molar-refractivity contribution in [1.29, 1.82) is 5.26 Å². The molecular formula is C14H6F2N4O. The third kappa shape index (κ3) is 1.94. The third-order valence-corrected chi connectivity index (χ3v) is 3.01. The summed E-state index contributed by atoms with van der Waals surface area (Å²) in [5.74, 6) is -2.81. The minimum Gasteiger partial charge on any atom is -0.345 e. The largest absolute Gasteiger partial charge is 0.345 e. The van der Waals surface area contributed by atoms with E-state index in [4.69, 9.17) is 5.26 Å². The first kappa shape index (κ1) is 12.9. The fraction of sp³-hybridized carbons (Fsp3) is 0. The summed E-state index contributed by atoms with van der Waals surface area (Å²) in [6.07, 6.45) is 2.42. The maximum Gasteiger partial charge on any atom is 0.201 e. The molecule has 7 heteroatoms. The predicted octanol–water partition coefficient (Wildman–Crippen LogP) is 2.34. The molecule has 0 aliphatic rings. The van der Waals surface area contributed by atoms with E-state index in [9.17, 15) is 13.6 Å². The quantitative estimate of drug-likeness (QED) is 0.732. The third-order valence-electron chi connectivity index (χ3n) is 3.01. The lowest BCUT2D eigenvalue weighted by Gasteiger charge is -2.03. The van der Waals surface area contributed by atoms with Crippen LogP contribution in [-0.4, -0.2) is 20.7 Å². The Morgan fingerprint density at radius 3 is 2.62 bits per heavy atom. The van der Waals surface area contributed by atoms with Gasteiger partial charge in [0.15, 0.2) is 5.69 Å². The number of hydrogen-bond donors (Lipinski definition) is 1. The molecule has 0 unspecified atom stereocenters. The Kier molecular flexibility index (Phi) is 2.92. The van der Waals surface area contributed by atoms with Crippen LogP contribution in [0.2, 0.25) is 0 Å². The van der Waals surface area contributed by atoms with Crippen LogP contribution < -0.4 is 0 Å². The minimum atomic E-state index is -0.968. The summed E-state index contributed by atoms with van der Waals surface area (Å²) >= 11 is 0. The topological polar surface area (TPSA) is 82.4 Å². The number of ketones is 1. The fourth-order valence-corrected chi connectivity index (χ4v) is 2.08. The Labute approximate surface area is 116 Å². The zero-order valence-corrected chi connectivity index (χ0v) is 10.4. The van der Waals surface area contributed by atoms with Crippen molar-refractivity contribution in [1.82, 2.24) is 15.0 Å². The first-order valence-electron chi connectivity index (χ1n) is 5.84. The summed E-state index contributed by atoms with van der Waals surface area (Å²) < 4.78 is 27.4. The molecule has 0 fully saturated rings. The van der Waals surface area contributed by atoms with E-state index in [0.717, 1.165) is 18.5 Å². The van der Waals surface area contributed by atoms with Gasteiger partial charge in [-0.05, 0) is 12.1 Å². The molecule has 3 rings (SSSR count). The van der Waals surface area contributed by atoms with E-state index >= 15 is 0 Å². The van der Waals surface area contributed by atoms with Crippen molar-refractivity contribution in [3.63, 3.8) is 0 Å². The lowest BCUT2D eigenvalue weighted by atomic mass is 10.0. The van der Waals surface area contributed by atoms with Gasteiger partial charge in [0.2, 0.25) is 5.78 Å². The highest BCUT2D eigenvalue weighted by molar-refractivity contribution is 6.16. The van der Waals surface area contributed by atoms with Crippen LogP contribution >= 0.6 is 0 Å². The van der Waals surface area contributed by atoms with Gasteiger partial charge in [-0.1, -0.05) is 6.07 Å². The smallest absolute Gasteiger partial charge is 0.201 e. The highest BCUT2D eigenvalue weighted by Gasteiger charge is 2.23. The van der Waals surface area contributed by atoms with Crippen LogP contribution in [0.4, 0.5) is 8.78 Å². The van der Waals surface area contributed by atoms with Crippen LogP contribution in [-0.2, 0) is 0 Å². The summed E-state index contributed by atoms with van der Waals surface area (Å²) in [7, 11) is 0. The summed E-state index contributed by atoms with van der Waals surface area (Å²) in [6.45, 7) is 0. The molecule has 21 heavy (non-hydrogen) atoms. The van der Waals surface area contributed by atoms with Gasteiger partial charge < -0.3 is 4.98 Å². The maximum atomic E-state index is 13.7. The second kappa shape index (κ2) is 4.76. The maximum absolute atomic E-state index is 13.7. The molecule has 0 aliphatic heterocycles. The van der Waals surface area contributed by atoms with Crippen molar-refractivity contribution in [2.24, 2.45) is 0 Å². The number of carbonyl (C=O) groups excluding carboxylic acids is 1. The monoisotopic (exact) mass is 284 g/mol. The Hall–Kier alpha value is -3.14. The molecule has 3 aromatic rings. The van der Waals surface area contributed by atoms with Crippen molar-refractivity contribution in [2.75, 3.05) is 0 Å². The van der Waals surface area contributed by atoms with Crippen molar-refractivity contribution in [3.8, 4) is 6.07 Å². The predicted molar refractivity (Wildman–Crippen MR) is 68.4 cm³/mol. The highest BCUT2D eigenvalue weighted by atomic mass is 19.1. The van der Waals surface area contributed by atoms with E-state index < -0.39 is 23.0 Å². The number of hydrogen-bond acceptors (Lipinski definition) is 4. The van der Waals surface area contributed by atoms with Gasteiger partial charge >= 0.3 is 0 Å². The standard InChI is InChI=1S/C14H6F2N4O/c15-8-2-1-3-9(16)12(8)13(21)7-5-18-14-11(7)10(4-17)19-6-20-14/h1-3,5-6H,(H,18,19,20). The van der Waals surface area contributed by atoms with Crippen molar-refractivity contribution in [3.05, 3.63) is 59.2 Å². The first-order chi connectivity index (χ1) is 10.1. The van der Waals surface area contributed by atoms with Crippen LogP contribution in [0.15, 0.2) is 30.7 Å². The van der Waals surface area contributed by atoms with E-state index in [1.165, 1.54) is 12.3 Å². The van der Waals surface area contributed by atoms with Crippen LogP contribution in [0.5, 0.6) is 0 Å². The second-order valence-electron chi connectivity index (χ2n) is 4.19. The van der Waals surface area contributed by atoms with Crippen LogP contribution in [0.3, 0.4) is 0 Å². The molecule has 1 N–H and O–H groups in total. The summed E-state index contributed by atoms with van der Waals surface area (Å²) in [5.41, 5.74) is -0.514. The molecule has 1 aromatic carbocycles. The lowest BCUT2D eigenvalue weighted by molar-refractivity contribution is 0.103. The average Bonchev–Trinajstić information content (AvgIpc) is 2.90. The average molecular weight is 284 g/mol. The number of nitrogens with one attached hydrogen (secondary N) is 1. The molecule has 2 aromatic heterocycles. The number of aromatic amines is 1. The molecule has 0 atom stereocenters. The highest BCUT2D eigenvalue weighted by Crippen LogP contribution is 2.24. The van der Waals surface area contributed by atoms with Gasteiger partial charge in [-0.25, -0.2) is 18.7 Å². The number of nitrogens with zero attached hydrogens (tertiary/aromatic N) is 3. The molecule has 0 amide bonds. The number of carbonyl (C=O) groups is 1. The van der Waals surface area contributed by atoms with Crippen LogP contribution in [0.25, 0.3) is 11.0 Å². The number of halogens is 2. The van der Waals surface area contributed by atoms with E-state index in [1.807, 2.05) is 6.07 Å². The molecular weight excluding hydrogens is 278 g/mol. The first-order valence-corrected chi connectivity index (χ1v) is 5.84. The molecule has 5 nitrogen and oxygen atoms in total. The van der Waals surface area contributed by atoms with Crippen LogP contribution in [0, 0.1) is 23.0 Å². The molecule has 102 valence electrons. The SMILES string of the molecule is N#Cc1ncnc2[nH]cc(C(=O)c3c(F)cccc3F)c12. The Morgan fingerprint density at radius 2 is 1.95 bits per heavy atom.